The van der Waals surface area contributed by atoms with E-state index in [0.29, 0.717) is 22.7 Å². The van der Waals surface area contributed by atoms with Crippen LogP contribution in [0.15, 0.2) is 18.2 Å². The predicted octanol–water partition coefficient (Wildman–Crippen LogP) is 3.55. The Bertz CT molecular complexity index is 475. The molecule has 1 saturated heterocycles. The summed E-state index contributed by atoms with van der Waals surface area (Å²) in [6, 6.07) is 6.10. The second-order valence-electron chi connectivity index (χ2n) is 5.14. The summed E-state index contributed by atoms with van der Waals surface area (Å²) < 4.78 is 5.42. The maximum absolute atomic E-state index is 11.4. The summed E-state index contributed by atoms with van der Waals surface area (Å²) in [6.07, 6.45) is 2.38. The average molecular weight is 282 g/mol. The summed E-state index contributed by atoms with van der Waals surface area (Å²) in [6.45, 7) is 4.68. The van der Waals surface area contributed by atoms with E-state index in [1.807, 2.05) is 18.2 Å². The lowest BCUT2D eigenvalue weighted by Gasteiger charge is -2.39. The number of methoxy groups -OCH3 is 1. The largest absolute Gasteiger partial charge is 0.381 e. The van der Waals surface area contributed by atoms with Crippen molar-refractivity contribution in [3.8, 4) is 0 Å². The normalized spacial score (nSPS) is 23.5. The van der Waals surface area contributed by atoms with Gasteiger partial charge in [0, 0.05) is 30.9 Å². The highest BCUT2D eigenvalue weighted by Gasteiger charge is 2.25. The Kier molecular flexibility index (Phi) is 4.48. The van der Waals surface area contributed by atoms with Gasteiger partial charge in [0.15, 0.2) is 5.78 Å². The zero-order valence-corrected chi connectivity index (χ0v) is 12.4. The van der Waals surface area contributed by atoms with Gasteiger partial charge in [-0.3, -0.25) is 4.79 Å². The van der Waals surface area contributed by atoms with E-state index in [4.69, 9.17) is 16.3 Å². The highest BCUT2D eigenvalue weighted by Crippen LogP contribution is 2.29. The number of carbonyl (C=O) groups excluding carboxylic acids is 1. The van der Waals surface area contributed by atoms with Gasteiger partial charge in [0.1, 0.15) is 0 Å². The Balaban J connectivity index is 2.19. The van der Waals surface area contributed by atoms with Gasteiger partial charge >= 0.3 is 0 Å². The number of piperidine rings is 1. The van der Waals surface area contributed by atoms with Gasteiger partial charge in [-0.15, -0.1) is 0 Å². The molecule has 0 spiro atoms. The summed E-state index contributed by atoms with van der Waals surface area (Å²) in [7, 11) is 1.77. The molecule has 0 aliphatic carbocycles. The summed E-state index contributed by atoms with van der Waals surface area (Å²) in [5.41, 5.74) is 1.67. The summed E-state index contributed by atoms with van der Waals surface area (Å²) in [5.74, 6) is 0.00249. The Morgan fingerprint density at radius 2 is 2.21 bits per heavy atom. The predicted molar refractivity (Wildman–Crippen MR) is 78.3 cm³/mol. The third-order valence-corrected chi connectivity index (χ3v) is 4.14. The molecule has 1 aliphatic heterocycles. The Labute approximate surface area is 119 Å². The van der Waals surface area contributed by atoms with Gasteiger partial charge < -0.3 is 9.64 Å². The molecule has 2 rings (SSSR count). The van der Waals surface area contributed by atoms with Gasteiger partial charge in [0.2, 0.25) is 0 Å². The molecular formula is C15H20ClNO2. The smallest absolute Gasteiger partial charge is 0.161 e. The van der Waals surface area contributed by atoms with Gasteiger partial charge in [-0.2, -0.15) is 0 Å². The van der Waals surface area contributed by atoms with Crippen LogP contribution in [0.5, 0.6) is 0 Å². The van der Waals surface area contributed by atoms with Crippen LogP contribution in [0.25, 0.3) is 0 Å². The van der Waals surface area contributed by atoms with Crippen LogP contribution in [0, 0.1) is 0 Å². The number of carbonyl (C=O) groups is 1. The maximum atomic E-state index is 11.4. The molecule has 2 unspecified atom stereocenters. The lowest BCUT2D eigenvalue weighted by atomic mass is 9.99. The minimum atomic E-state index is 0.00249. The summed E-state index contributed by atoms with van der Waals surface area (Å²) >= 11 is 6.18. The van der Waals surface area contributed by atoms with Crippen molar-refractivity contribution in [1.29, 1.82) is 0 Å². The number of Topliss-reactive ketones (excluding diaryl/α,β-unsaturated/α-hetero) is 1. The first-order valence-electron chi connectivity index (χ1n) is 6.63. The van der Waals surface area contributed by atoms with E-state index in [1.165, 1.54) is 6.92 Å². The number of ether oxygens (including phenoxy) is 1. The van der Waals surface area contributed by atoms with E-state index in [9.17, 15) is 4.79 Å². The molecule has 19 heavy (non-hydrogen) atoms. The number of hydrogen-bond acceptors (Lipinski definition) is 3. The molecule has 0 aromatic heterocycles. The second-order valence-corrected chi connectivity index (χ2v) is 5.55. The van der Waals surface area contributed by atoms with E-state index in [-0.39, 0.29) is 5.78 Å². The Morgan fingerprint density at radius 1 is 1.47 bits per heavy atom. The van der Waals surface area contributed by atoms with Gasteiger partial charge in [-0.1, -0.05) is 11.6 Å². The number of nitrogens with zero attached hydrogens (tertiary/aromatic N) is 1. The van der Waals surface area contributed by atoms with Crippen molar-refractivity contribution in [1.82, 2.24) is 0 Å². The zero-order valence-electron chi connectivity index (χ0n) is 11.6. The zero-order chi connectivity index (χ0) is 14.0. The summed E-state index contributed by atoms with van der Waals surface area (Å²) in [5, 5.41) is 0.533. The number of benzene rings is 1. The number of ketones is 1. The van der Waals surface area contributed by atoms with Crippen LogP contribution in [0.1, 0.15) is 37.0 Å². The van der Waals surface area contributed by atoms with E-state index >= 15 is 0 Å². The molecule has 4 heteroatoms. The molecule has 2 atom stereocenters. The summed E-state index contributed by atoms with van der Waals surface area (Å²) in [4.78, 5) is 13.7. The first-order chi connectivity index (χ1) is 9.02. The minimum absolute atomic E-state index is 0.00249. The molecule has 3 nitrogen and oxygen atoms in total. The molecule has 1 aromatic carbocycles. The van der Waals surface area contributed by atoms with Crippen LogP contribution in [0.4, 0.5) is 5.69 Å². The molecule has 0 saturated carbocycles. The first-order valence-corrected chi connectivity index (χ1v) is 7.00. The minimum Gasteiger partial charge on any atom is -0.381 e. The lowest BCUT2D eigenvalue weighted by molar-refractivity contribution is 0.0721. The van der Waals surface area contributed by atoms with Crippen LogP contribution in [0.2, 0.25) is 5.02 Å². The van der Waals surface area contributed by atoms with Gasteiger partial charge in [-0.25, -0.2) is 0 Å². The molecule has 1 aliphatic rings. The molecule has 1 heterocycles. The second kappa shape index (κ2) is 5.93. The maximum Gasteiger partial charge on any atom is 0.161 e. The van der Waals surface area contributed by atoms with Gasteiger partial charge in [0.05, 0.1) is 11.1 Å². The van der Waals surface area contributed by atoms with Gasteiger partial charge in [0.25, 0.3) is 0 Å². The molecule has 0 N–H and O–H groups in total. The van der Waals surface area contributed by atoms with Crippen LogP contribution in [-0.2, 0) is 4.74 Å². The molecule has 1 fully saturated rings. The highest BCUT2D eigenvalue weighted by molar-refractivity contribution is 6.34. The Morgan fingerprint density at radius 3 is 2.74 bits per heavy atom. The Hall–Kier alpha value is -1.06. The van der Waals surface area contributed by atoms with Crippen molar-refractivity contribution < 1.29 is 9.53 Å². The molecule has 0 bridgehead atoms. The molecule has 104 valence electrons. The highest BCUT2D eigenvalue weighted by atomic mass is 35.5. The average Bonchev–Trinajstić information content (AvgIpc) is 2.37. The molecule has 1 aromatic rings. The van der Waals surface area contributed by atoms with Crippen molar-refractivity contribution >= 4 is 23.1 Å². The van der Waals surface area contributed by atoms with Crippen LogP contribution < -0.4 is 4.90 Å². The van der Waals surface area contributed by atoms with E-state index < -0.39 is 0 Å². The molecule has 0 radical (unpaired) electrons. The number of halogens is 1. The number of rotatable bonds is 3. The fraction of sp³-hybridized carbons (Fsp3) is 0.533. The lowest BCUT2D eigenvalue weighted by Crippen LogP contribution is -2.43. The van der Waals surface area contributed by atoms with Crippen LogP contribution in [0.3, 0.4) is 0 Å². The van der Waals surface area contributed by atoms with Gasteiger partial charge in [-0.05, 0) is 44.9 Å². The van der Waals surface area contributed by atoms with Crippen LogP contribution >= 0.6 is 11.6 Å². The number of hydrogen-bond donors (Lipinski definition) is 0. The monoisotopic (exact) mass is 281 g/mol. The van der Waals surface area contributed by atoms with Crippen molar-refractivity contribution in [3.05, 3.63) is 28.8 Å². The van der Waals surface area contributed by atoms with Crippen LogP contribution in [-0.4, -0.2) is 31.6 Å². The third kappa shape index (κ3) is 3.10. The first kappa shape index (κ1) is 14.4. The quantitative estimate of drug-likeness (QED) is 0.794. The molecular weight excluding hydrogens is 262 g/mol. The fourth-order valence-electron chi connectivity index (χ4n) is 2.69. The van der Waals surface area contributed by atoms with E-state index in [1.54, 1.807) is 7.11 Å². The van der Waals surface area contributed by atoms with Crippen molar-refractivity contribution in [2.45, 2.75) is 38.8 Å². The third-order valence-electron chi connectivity index (χ3n) is 3.82. The topological polar surface area (TPSA) is 29.5 Å². The standard InChI is InChI=1S/C15H20ClNO2/c1-10-8-13(19-3)6-7-17(10)12-4-5-14(11(2)18)15(16)9-12/h4-5,9-10,13H,6-8H2,1-3H3. The van der Waals surface area contributed by atoms with Crippen molar-refractivity contribution in [3.63, 3.8) is 0 Å². The van der Waals surface area contributed by atoms with Crippen molar-refractivity contribution in [2.24, 2.45) is 0 Å². The van der Waals surface area contributed by atoms with E-state index in [0.717, 1.165) is 25.1 Å². The van der Waals surface area contributed by atoms with Crippen molar-refractivity contribution in [2.75, 3.05) is 18.6 Å². The fourth-order valence-corrected chi connectivity index (χ4v) is 3.00. The number of anilines is 1. The molecule has 0 amide bonds. The van der Waals surface area contributed by atoms with E-state index in [2.05, 4.69) is 11.8 Å². The SMILES string of the molecule is COC1CCN(c2ccc(C(C)=O)c(Cl)c2)C(C)C1.